The van der Waals surface area contributed by atoms with Crippen molar-refractivity contribution in [3.05, 3.63) is 60.3 Å². The average Bonchev–Trinajstić information content (AvgIpc) is 3.00. The maximum Gasteiger partial charge on any atom is 0.305 e. The second-order valence-corrected chi connectivity index (χ2v) is 5.60. The quantitative estimate of drug-likeness (QED) is 0.669. The number of aromatic nitrogens is 1. The molecular weight excluding hydrogens is 286 g/mol. The van der Waals surface area contributed by atoms with E-state index in [0.717, 1.165) is 18.4 Å². The van der Waals surface area contributed by atoms with Crippen molar-refractivity contribution in [1.29, 1.82) is 0 Å². The van der Waals surface area contributed by atoms with Gasteiger partial charge in [0.25, 0.3) is 0 Å². The minimum Gasteiger partial charge on any atom is -0.466 e. The Kier molecular flexibility index (Phi) is 4.77. The van der Waals surface area contributed by atoms with Gasteiger partial charge in [0.1, 0.15) is 0 Å². The third-order valence-corrected chi connectivity index (χ3v) is 4.01. The van der Waals surface area contributed by atoms with Crippen LogP contribution in [0, 0.1) is 0 Å². The molecule has 3 heteroatoms. The fourth-order valence-electron chi connectivity index (χ4n) is 2.83. The summed E-state index contributed by atoms with van der Waals surface area (Å²) >= 11 is 0. The van der Waals surface area contributed by atoms with Crippen molar-refractivity contribution < 1.29 is 9.53 Å². The highest BCUT2D eigenvalue weighted by Gasteiger charge is 2.06. The third-order valence-electron chi connectivity index (χ3n) is 4.01. The summed E-state index contributed by atoms with van der Waals surface area (Å²) in [5, 5.41) is 1.24. The Bertz CT molecular complexity index is 787. The third kappa shape index (κ3) is 3.62. The fraction of sp³-hybridized carbons (Fsp3) is 0.250. The number of aromatic amines is 1. The number of hydrogen-bond donors (Lipinski definition) is 1. The first-order chi connectivity index (χ1) is 11.3. The van der Waals surface area contributed by atoms with E-state index in [-0.39, 0.29) is 5.97 Å². The molecule has 3 nitrogen and oxygen atoms in total. The van der Waals surface area contributed by atoms with Gasteiger partial charge in [0.05, 0.1) is 6.61 Å². The van der Waals surface area contributed by atoms with Crippen LogP contribution < -0.4 is 0 Å². The van der Waals surface area contributed by atoms with Gasteiger partial charge >= 0.3 is 5.97 Å². The predicted molar refractivity (Wildman–Crippen MR) is 93.3 cm³/mol. The van der Waals surface area contributed by atoms with Crippen LogP contribution in [0.3, 0.4) is 0 Å². The van der Waals surface area contributed by atoms with Crippen molar-refractivity contribution in [3.8, 4) is 11.1 Å². The summed E-state index contributed by atoms with van der Waals surface area (Å²) in [4.78, 5) is 14.7. The van der Waals surface area contributed by atoms with Gasteiger partial charge in [0.15, 0.2) is 0 Å². The van der Waals surface area contributed by atoms with Gasteiger partial charge in [-0.3, -0.25) is 4.79 Å². The van der Waals surface area contributed by atoms with E-state index in [1.165, 1.54) is 22.1 Å². The van der Waals surface area contributed by atoms with E-state index in [1.807, 2.05) is 13.0 Å². The Balaban J connectivity index is 1.66. The number of fused-ring (bicyclic) bond motifs is 1. The standard InChI is InChI=1S/C20H21NO2/c1-2-23-20(22)9-5-6-15-10-12-16(13-11-15)18-14-21-19-8-4-3-7-17(18)19/h3-4,7-8,10-14,21H,2,5-6,9H2,1H3. The number of benzene rings is 2. The molecule has 1 heterocycles. The van der Waals surface area contributed by atoms with Crippen molar-refractivity contribution in [2.45, 2.75) is 26.2 Å². The Morgan fingerprint density at radius 2 is 1.87 bits per heavy atom. The van der Waals surface area contributed by atoms with E-state index in [0.29, 0.717) is 13.0 Å². The summed E-state index contributed by atoms with van der Waals surface area (Å²) < 4.78 is 4.95. The van der Waals surface area contributed by atoms with Gasteiger partial charge in [0.2, 0.25) is 0 Å². The molecule has 0 radical (unpaired) electrons. The van der Waals surface area contributed by atoms with Crippen LogP contribution in [0.25, 0.3) is 22.0 Å². The molecule has 3 aromatic rings. The zero-order chi connectivity index (χ0) is 16.1. The van der Waals surface area contributed by atoms with Crippen LogP contribution in [0.1, 0.15) is 25.3 Å². The first-order valence-corrected chi connectivity index (χ1v) is 8.09. The Labute approximate surface area is 136 Å². The highest BCUT2D eigenvalue weighted by molar-refractivity contribution is 5.95. The van der Waals surface area contributed by atoms with E-state index in [4.69, 9.17) is 4.74 Å². The van der Waals surface area contributed by atoms with Crippen LogP contribution in [0.15, 0.2) is 54.7 Å². The van der Waals surface area contributed by atoms with Crippen LogP contribution >= 0.6 is 0 Å². The zero-order valence-electron chi connectivity index (χ0n) is 13.3. The van der Waals surface area contributed by atoms with Crippen molar-refractivity contribution in [1.82, 2.24) is 4.98 Å². The SMILES string of the molecule is CCOC(=O)CCCc1ccc(-c2c[nH]c3ccccc23)cc1. The van der Waals surface area contributed by atoms with Gasteiger partial charge in [-0.1, -0.05) is 42.5 Å². The van der Waals surface area contributed by atoms with Gasteiger partial charge in [-0.25, -0.2) is 0 Å². The first kappa shape index (κ1) is 15.3. The fourth-order valence-corrected chi connectivity index (χ4v) is 2.83. The monoisotopic (exact) mass is 307 g/mol. The molecule has 118 valence electrons. The Morgan fingerprint density at radius 3 is 2.65 bits per heavy atom. The largest absolute Gasteiger partial charge is 0.466 e. The molecule has 0 aliphatic rings. The minimum absolute atomic E-state index is 0.108. The molecule has 0 spiro atoms. The van der Waals surface area contributed by atoms with Gasteiger partial charge < -0.3 is 9.72 Å². The predicted octanol–water partition coefficient (Wildman–Crippen LogP) is 4.72. The highest BCUT2D eigenvalue weighted by Crippen LogP contribution is 2.28. The molecule has 0 aliphatic carbocycles. The van der Waals surface area contributed by atoms with E-state index in [1.54, 1.807) is 0 Å². The van der Waals surface area contributed by atoms with Gasteiger partial charge in [-0.2, -0.15) is 0 Å². The molecule has 0 unspecified atom stereocenters. The number of nitrogens with one attached hydrogen (secondary N) is 1. The van der Waals surface area contributed by atoms with Crippen LogP contribution in [0.5, 0.6) is 0 Å². The number of para-hydroxylation sites is 1. The molecule has 1 N–H and O–H groups in total. The van der Waals surface area contributed by atoms with Crippen LogP contribution in [0.4, 0.5) is 0 Å². The average molecular weight is 307 g/mol. The Morgan fingerprint density at radius 1 is 1.09 bits per heavy atom. The number of carbonyl (C=O) groups excluding carboxylic acids is 1. The topological polar surface area (TPSA) is 42.1 Å². The number of ether oxygens (including phenoxy) is 1. The molecule has 0 saturated carbocycles. The summed E-state index contributed by atoms with van der Waals surface area (Å²) in [6.45, 7) is 2.29. The summed E-state index contributed by atoms with van der Waals surface area (Å²) in [5.74, 6) is -0.108. The summed E-state index contributed by atoms with van der Waals surface area (Å²) in [6.07, 6.45) is 4.26. The van der Waals surface area contributed by atoms with Crippen LogP contribution in [0.2, 0.25) is 0 Å². The Hall–Kier alpha value is -2.55. The lowest BCUT2D eigenvalue weighted by atomic mass is 10.0. The van der Waals surface area contributed by atoms with Gasteiger partial charge in [0, 0.05) is 29.1 Å². The lowest BCUT2D eigenvalue weighted by Gasteiger charge is -2.04. The van der Waals surface area contributed by atoms with Gasteiger partial charge in [-0.15, -0.1) is 0 Å². The molecule has 0 amide bonds. The van der Waals surface area contributed by atoms with Crippen molar-refractivity contribution in [2.75, 3.05) is 6.61 Å². The number of H-pyrrole nitrogens is 1. The van der Waals surface area contributed by atoms with Crippen molar-refractivity contribution in [3.63, 3.8) is 0 Å². The summed E-state index contributed by atoms with van der Waals surface area (Å²) in [6, 6.07) is 16.9. The molecule has 3 rings (SSSR count). The number of hydrogen-bond acceptors (Lipinski definition) is 2. The highest BCUT2D eigenvalue weighted by atomic mass is 16.5. The van der Waals surface area contributed by atoms with E-state index >= 15 is 0 Å². The number of rotatable bonds is 6. The van der Waals surface area contributed by atoms with Crippen LogP contribution in [-0.4, -0.2) is 17.6 Å². The molecular formula is C20H21NO2. The minimum atomic E-state index is -0.108. The molecule has 0 aliphatic heterocycles. The van der Waals surface area contributed by atoms with E-state index < -0.39 is 0 Å². The second-order valence-electron chi connectivity index (χ2n) is 5.60. The number of aryl methyl sites for hydroxylation is 1. The van der Waals surface area contributed by atoms with Crippen LogP contribution in [-0.2, 0) is 16.0 Å². The normalized spacial score (nSPS) is 10.8. The molecule has 0 fully saturated rings. The number of esters is 1. The molecule has 1 aromatic heterocycles. The van der Waals surface area contributed by atoms with E-state index in [9.17, 15) is 4.79 Å². The van der Waals surface area contributed by atoms with Crippen molar-refractivity contribution >= 4 is 16.9 Å². The lowest BCUT2D eigenvalue weighted by molar-refractivity contribution is -0.143. The van der Waals surface area contributed by atoms with Gasteiger partial charge in [-0.05, 0) is 37.0 Å². The summed E-state index contributed by atoms with van der Waals surface area (Å²) in [5.41, 5.74) is 4.83. The molecule has 0 atom stereocenters. The summed E-state index contributed by atoms with van der Waals surface area (Å²) in [7, 11) is 0. The maximum atomic E-state index is 11.3. The molecule has 0 bridgehead atoms. The van der Waals surface area contributed by atoms with Crippen molar-refractivity contribution in [2.24, 2.45) is 0 Å². The van der Waals surface area contributed by atoms with E-state index in [2.05, 4.69) is 53.6 Å². The molecule has 23 heavy (non-hydrogen) atoms. The number of carbonyl (C=O) groups is 1. The lowest BCUT2D eigenvalue weighted by Crippen LogP contribution is -2.03. The maximum absolute atomic E-state index is 11.3. The molecule has 0 saturated heterocycles. The second kappa shape index (κ2) is 7.14. The zero-order valence-corrected chi connectivity index (χ0v) is 13.3. The molecule has 2 aromatic carbocycles. The first-order valence-electron chi connectivity index (χ1n) is 8.09. The smallest absolute Gasteiger partial charge is 0.305 e.